The van der Waals surface area contributed by atoms with Gasteiger partial charge in [0.25, 0.3) is 0 Å². The van der Waals surface area contributed by atoms with E-state index in [1.165, 1.54) is 23.8 Å². The zero-order valence-electron chi connectivity index (χ0n) is 12.1. The van der Waals surface area contributed by atoms with Crippen LogP contribution in [0.2, 0.25) is 0 Å². The zero-order chi connectivity index (χ0) is 14.1. The molecular weight excluding hydrogens is 250 g/mol. The maximum atomic E-state index is 9.12. The van der Waals surface area contributed by atoms with Crippen molar-refractivity contribution in [1.29, 1.82) is 0 Å². The van der Waals surface area contributed by atoms with Crippen molar-refractivity contribution in [3.63, 3.8) is 0 Å². The number of nitrogens with one attached hydrogen (secondary N) is 1. The van der Waals surface area contributed by atoms with Crippen molar-refractivity contribution in [1.82, 2.24) is 4.98 Å². The van der Waals surface area contributed by atoms with Crippen LogP contribution in [0.3, 0.4) is 0 Å². The summed E-state index contributed by atoms with van der Waals surface area (Å²) in [5, 5.41) is 15.0. The Hall–Kier alpha value is -1.81. The molecule has 0 radical (unpaired) electrons. The molecule has 4 heteroatoms. The van der Waals surface area contributed by atoms with E-state index in [2.05, 4.69) is 35.4 Å². The minimum Gasteiger partial charge on any atom is -0.395 e. The van der Waals surface area contributed by atoms with Gasteiger partial charge in [0.1, 0.15) is 5.82 Å². The van der Waals surface area contributed by atoms with E-state index in [1.54, 1.807) is 0 Å². The molecule has 1 aliphatic carbocycles. The number of pyridine rings is 1. The van der Waals surface area contributed by atoms with Crippen LogP contribution < -0.4 is 10.2 Å². The molecule has 0 saturated heterocycles. The van der Waals surface area contributed by atoms with Gasteiger partial charge in [-0.15, -0.1) is 0 Å². The summed E-state index contributed by atoms with van der Waals surface area (Å²) in [6, 6.07) is 7.08. The maximum Gasteiger partial charge on any atom is 0.136 e. The molecule has 1 aromatic carbocycles. The first kappa shape index (κ1) is 13.2. The number of benzene rings is 1. The predicted octanol–water partition coefficient (Wildman–Crippen LogP) is 2.55. The number of rotatable bonds is 5. The van der Waals surface area contributed by atoms with Gasteiger partial charge in [0.2, 0.25) is 0 Å². The number of likely N-dealkylation sites (N-methyl/N-ethyl adjacent to an activating group) is 1. The summed E-state index contributed by atoms with van der Waals surface area (Å²) in [6.07, 6.45) is 4.41. The number of aromatic nitrogens is 1. The maximum absolute atomic E-state index is 9.12. The van der Waals surface area contributed by atoms with Gasteiger partial charge < -0.3 is 15.3 Å². The molecular formula is C16H21N3O. The van der Waals surface area contributed by atoms with Gasteiger partial charge in [0.15, 0.2) is 0 Å². The third-order valence-corrected chi connectivity index (χ3v) is 3.76. The quantitative estimate of drug-likeness (QED) is 0.877. The topological polar surface area (TPSA) is 48.4 Å². The second-order valence-corrected chi connectivity index (χ2v) is 5.61. The molecule has 4 nitrogen and oxygen atoms in total. The number of hydrogen-bond acceptors (Lipinski definition) is 4. The Morgan fingerprint density at radius 1 is 1.35 bits per heavy atom. The van der Waals surface area contributed by atoms with Gasteiger partial charge in [0.05, 0.1) is 18.5 Å². The third kappa shape index (κ3) is 2.56. The summed E-state index contributed by atoms with van der Waals surface area (Å²) in [4.78, 5) is 6.60. The number of anilines is 2. The van der Waals surface area contributed by atoms with Crippen molar-refractivity contribution in [3.8, 4) is 0 Å². The molecule has 2 aromatic rings. The monoisotopic (exact) mass is 271 g/mol. The Balaban J connectivity index is 2.09. The van der Waals surface area contributed by atoms with Crippen molar-refractivity contribution >= 4 is 22.3 Å². The standard InChI is InChI=1S/C16H21N3O/c1-11-3-6-13-14(9-11)16(19(2)7-8-20)17-10-15(13)18-12-4-5-12/h3,6,9-10,12,18,20H,4-5,7-8H2,1-2H3. The SMILES string of the molecule is Cc1ccc2c(NC3CC3)cnc(N(C)CCO)c2c1. The van der Waals surface area contributed by atoms with Gasteiger partial charge in [0, 0.05) is 30.4 Å². The van der Waals surface area contributed by atoms with E-state index in [1.807, 2.05) is 18.1 Å². The Morgan fingerprint density at radius 2 is 2.15 bits per heavy atom. The van der Waals surface area contributed by atoms with Crippen LogP contribution in [0.15, 0.2) is 24.4 Å². The number of aryl methyl sites for hydroxylation is 1. The lowest BCUT2D eigenvalue weighted by molar-refractivity contribution is 0.304. The summed E-state index contributed by atoms with van der Waals surface area (Å²) in [5.41, 5.74) is 2.34. The van der Waals surface area contributed by atoms with Crippen LogP contribution in [0.25, 0.3) is 10.8 Å². The van der Waals surface area contributed by atoms with E-state index in [0.29, 0.717) is 12.6 Å². The van der Waals surface area contributed by atoms with Crippen molar-refractivity contribution in [3.05, 3.63) is 30.0 Å². The first-order chi connectivity index (χ1) is 9.69. The van der Waals surface area contributed by atoms with Gasteiger partial charge in [-0.05, 0) is 25.8 Å². The lowest BCUT2D eigenvalue weighted by atomic mass is 10.1. The fourth-order valence-electron chi connectivity index (χ4n) is 2.47. The molecule has 20 heavy (non-hydrogen) atoms. The van der Waals surface area contributed by atoms with Crippen molar-refractivity contribution < 1.29 is 5.11 Å². The van der Waals surface area contributed by atoms with Crippen LogP contribution in [0, 0.1) is 6.92 Å². The molecule has 0 spiro atoms. The van der Waals surface area contributed by atoms with Crippen LogP contribution in [0.5, 0.6) is 0 Å². The molecule has 0 unspecified atom stereocenters. The lowest BCUT2D eigenvalue weighted by Gasteiger charge is -2.20. The van der Waals surface area contributed by atoms with Crippen LogP contribution in [0.1, 0.15) is 18.4 Å². The minimum atomic E-state index is 0.133. The highest BCUT2D eigenvalue weighted by Crippen LogP contribution is 2.33. The Morgan fingerprint density at radius 3 is 2.85 bits per heavy atom. The van der Waals surface area contributed by atoms with Crippen LogP contribution in [-0.2, 0) is 0 Å². The van der Waals surface area contributed by atoms with Crippen molar-refractivity contribution in [2.24, 2.45) is 0 Å². The van der Waals surface area contributed by atoms with Gasteiger partial charge in [-0.3, -0.25) is 0 Å². The van der Waals surface area contributed by atoms with Gasteiger partial charge in [-0.1, -0.05) is 17.7 Å². The molecule has 1 aliphatic rings. The van der Waals surface area contributed by atoms with Crippen molar-refractivity contribution in [2.75, 3.05) is 30.4 Å². The fraction of sp³-hybridized carbons (Fsp3) is 0.438. The average Bonchev–Trinajstić information content (AvgIpc) is 3.23. The highest BCUT2D eigenvalue weighted by atomic mass is 16.3. The van der Waals surface area contributed by atoms with Crippen LogP contribution in [0.4, 0.5) is 11.5 Å². The Kier molecular flexibility index (Phi) is 3.49. The first-order valence-electron chi connectivity index (χ1n) is 7.17. The van der Waals surface area contributed by atoms with E-state index in [0.717, 1.165) is 16.9 Å². The molecule has 2 N–H and O–H groups in total. The summed E-state index contributed by atoms with van der Waals surface area (Å²) in [6.45, 7) is 2.81. The molecule has 0 atom stereocenters. The normalized spacial score (nSPS) is 14.6. The lowest BCUT2D eigenvalue weighted by Crippen LogP contribution is -2.22. The number of aliphatic hydroxyl groups is 1. The van der Waals surface area contributed by atoms with Gasteiger partial charge >= 0.3 is 0 Å². The second-order valence-electron chi connectivity index (χ2n) is 5.61. The highest BCUT2D eigenvalue weighted by molar-refractivity contribution is 6.00. The molecule has 1 saturated carbocycles. The summed E-state index contributed by atoms with van der Waals surface area (Å²) >= 11 is 0. The average molecular weight is 271 g/mol. The molecule has 3 rings (SSSR count). The van der Waals surface area contributed by atoms with E-state index < -0.39 is 0 Å². The smallest absolute Gasteiger partial charge is 0.136 e. The summed E-state index contributed by atoms with van der Waals surface area (Å²) < 4.78 is 0. The third-order valence-electron chi connectivity index (χ3n) is 3.76. The van der Waals surface area contributed by atoms with Crippen LogP contribution >= 0.6 is 0 Å². The van der Waals surface area contributed by atoms with Gasteiger partial charge in [-0.25, -0.2) is 4.98 Å². The minimum absolute atomic E-state index is 0.133. The molecule has 1 heterocycles. The van der Waals surface area contributed by atoms with E-state index in [-0.39, 0.29) is 6.61 Å². The number of nitrogens with zero attached hydrogens (tertiary/aromatic N) is 2. The fourth-order valence-corrected chi connectivity index (χ4v) is 2.47. The summed E-state index contributed by atoms with van der Waals surface area (Å²) in [5.74, 6) is 0.930. The van der Waals surface area contributed by atoms with Gasteiger partial charge in [-0.2, -0.15) is 0 Å². The number of hydrogen-bond donors (Lipinski definition) is 2. The van der Waals surface area contributed by atoms with Crippen LogP contribution in [-0.4, -0.2) is 36.3 Å². The molecule has 106 valence electrons. The van der Waals surface area contributed by atoms with Crippen molar-refractivity contribution in [2.45, 2.75) is 25.8 Å². The number of fused-ring (bicyclic) bond motifs is 1. The molecule has 0 bridgehead atoms. The zero-order valence-corrected chi connectivity index (χ0v) is 12.1. The molecule has 1 fully saturated rings. The van der Waals surface area contributed by atoms with E-state index in [4.69, 9.17) is 5.11 Å². The van der Waals surface area contributed by atoms with E-state index >= 15 is 0 Å². The molecule has 1 aromatic heterocycles. The summed E-state index contributed by atoms with van der Waals surface area (Å²) in [7, 11) is 1.97. The molecule has 0 aliphatic heterocycles. The predicted molar refractivity (Wildman–Crippen MR) is 83.5 cm³/mol. The second kappa shape index (κ2) is 5.29. The Labute approximate surface area is 119 Å². The highest BCUT2D eigenvalue weighted by Gasteiger charge is 2.22. The molecule has 0 amide bonds. The number of aliphatic hydroxyl groups excluding tert-OH is 1. The Bertz CT molecular complexity index is 622. The van der Waals surface area contributed by atoms with E-state index in [9.17, 15) is 0 Å². The largest absolute Gasteiger partial charge is 0.395 e. The first-order valence-corrected chi connectivity index (χ1v) is 7.17.